The largest absolute Gasteiger partial charge is 0.355 e. The second-order valence-corrected chi connectivity index (χ2v) is 5.33. The van der Waals surface area contributed by atoms with E-state index in [1.807, 2.05) is 49.3 Å². The molecule has 0 aliphatic carbocycles. The van der Waals surface area contributed by atoms with Crippen molar-refractivity contribution < 1.29 is 0 Å². The summed E-state index contributed by atoms with van der Waals surface area (Å²) in [7, 11) is 3.93. The molecule has 3 nitrogen and oxygen atoms in total. The molecule has 0 N–H and O–H groups in total. The summed E-state index contributed by atoms with van der Waals surface area (Å²) in [5.41, 5.74) is 0.975. The minimum Gasteiger partial charge on any atom is -0.355 e. The van der Waals surface area contributed by atoms with Gasteiger partial charge in [-0.3, -0.25) is 4.90 Å². The highest BCUT2D eigenvalue weighted by atomic mass is 32.2. The lowest BCUT2D eigenvalue weighted by molar-refractivity contribution is 0.530. The van der Waals surface area contributed by atoms with Gasteiger partial charge in [0.2, 0.25) is 0 Å². The van der Waals surface area contributed by atoms with Crippen LogP contribution in [0.25, 0.3) is 0 Å². The number of amidine groups is 1. The molecule has 1 saturated heterocycles. The molecule has 17 heavy (non-hydrogen) atoms. The molecule has 0 spiro atoms. The molecular weight excluding hydrogens is 250 g/mol. The summed E-state index contributed by atoms with van der Waals surface area (Å²) in [5, 5.41) is 1.82. The Kier molecular flexibility index (Phi) is 4.02. The fourth-order valence-corrected chi connectivity index (χ4v) is 2.72. The monoisotopic (exact) mass is 265 g/mol. The maximum atomic E-state index is 5.39. The molecule has 0 radical (unpaired) electrons. The van der Waals surface area contributed by atoms with Crippen LogP contribution >= 0.6 is 24.0 Å². The van der Waals surface area contributed by atoms with Crippen LogP contribution in [0.5, 0.6) is 0 Å². The second-order valence-electron chi connectivity index (χ2n) is 3.91. The van der Waals surface area contributed by atoms with Crippen molar-refractivity contribution in [2.45, 2.75) is 0 Å². The van der Waals surface area contributed by atoms with E-state index in [9.17, 15) is 0 Å². The second kappa shape index (κ2) is 5.51. The molecule has 1 aliphatic rings. The highest BCUT2D eigenvalue weighted by Crippen LogP contribution is 2.23. The van der Waals surface area contributed by atoms with Crippen LogP contribution in [0.15, 0.2) is 35.3 Å². The van der Waals surface area contributed by atoms with Gasteiger partial charge < -0.3 is 4.90 Å². The molecule has 5 heteroatoms. The molecule has 0 bridgehead atoms. The third kappa shape index (κ3) is 2.98. The first-order valence-electron chi connectivity index (χ1n) is 5.44. The number of para-hydroxylation sites is 1. The molecule has 1 aliphatic heterocycles. The van der Waals surface area contributed by atoms with Crippen LogP contribution in [-0.2, 0) is 0 Å². The van der Waals surface area contributed by atoms with Gasteiger partial charge in [-0.1, -0.05) is 30.0 Å². The number of hydrogen-bond acceptors (Lipinski definition) is 3. The lowest BCUT2D eigenvalue weighted by Crippen LogP contribution is -2.39. The summed E-state index contributed by atoms with van der Waals surface area (Å²) in [6.07, 6.45) is 0. The smallest absolute Gasteiger partial charge is 0.177 e. The van der Waals surface area contributed by atoms with E-state index in [1.54, 1.807) is 11.8 Å². The number of hydrogen-bond donors (Lipinski definition) is 0. The SMILES string of the molecule is CN(C)C(=S)N1CCSC1=Nc1ccccc1. The molecule has 1 aromatic rings. The summed E-state index contributed by atoms with van der Waals surface area (Å²) in [6, 6.07) is 9.99. The predicted octanol–water partition coefficient (Wildman–Crippen LogP) is 2.57. The Labute approximate surface area is 112 Å². The van der Waals surface area contributed by atoms with Crippen LogP contribution in [0.2, 0.25) is 0 Å². The van der Waals surface area contributed by atoms with Crippen LogP contribution in [0.1, 0.15) is 0 Å². The zero-order valence-corrected chi connectivity index (χ0v) is 11.6. The summed E-state index contributed by atoms with van der Waals surface area (Å²) in [6.45, 7) is 0.938. The molecule has 1 aromatic carbocycles. The number of nitrogens with zero attached hydrogens (tertiary/aromatic N) is 3. The van der Waals surface area contributed by atoms with E-state index in [0.717, 1.165) is 28.3 Å². The summed E-state index contributed by atoms with van der Waals surface area (Å²) in [5.74, 6) is 1.04. The van der Waals surface area contributed by atoms with Crippen LogP contribution in [0.3, 0.4) is 0 Å². The van der Waals surface area contributed by atoms with Crippen molar-refractivity contribution in [2.24, 2.45) is 4.99 Å². The van der Waals surface area contributed by atoms with Crippen molar-refractivity contribution in [3.63, 3.8) is 0 Å². The third-order valence-corrected chi connectivity index (χ3v) is 3.91. The quantitative estimate of drug-likeness (QED) is 0.726. The standard InChI is InChI=1S/C12H15N3S2/c1-14(2)12(16)15-8-9-17-11(15)13-10-6-4-3-5-7-10/h3-7H,8-9H2,1-2H3. The Morgan fingerprint density at radius 1 is 1.35 bits per heavy atom. The van der Waals surface area contributed by atoms with Crippen molar-refractivity contribution in [2.75, 3.05) is 26.4 Å². The number of thiocarbonyl (C=S) groups is 1. The first kappa shape index (κ1) is 12.4. The average molecular weight is 265 g/mol. The summed E-state index contributed by atoms with van der Waals surface area (Å²) >= 11 is 7.14. The Morgan fingerprint density at radius 2 is 2.06 bits per heavy atom. The molecule has 0 amide bonds. The van der Waals surface area contributed by atoms with E-state index >= 15 is 0 Å². The van der Waals surface area contributed by atoms with E-state index in [2.05, 4.69) is 9.89 Å². The molecular formula is C12H15N3S2. The number of thioether (sulfide) groups is 1. The predicted molar refractivity (Wildman–Crippen MR) is 79.0 cm³/mol. The van der Waals surface area contributed by atoms with Gasteiger partial charge in [0.25, 0.3) is 0 Å². The average Bonchev–Trinajstić information content (AvgIpc) is 2.77. The molecule has 0 aromatic heterocycles. The lowest BCUT2D eigenvalue weighted by Gasteiger charge is -2.24. The molecule has 2 rings (SSSR count). The third-order valence-electron chi connectivity index (χ3n) is 2.37. The van der Waals surface area contributed by atoms with Crippen molar-refractivity contribution in [1.82, 2.24) is 9.80 Å². The zero-order chi connectivity index (χ0) is 12.3. The molecule has 0 saturated carbocycles. The Morgan fingerprint density at radius 3 is 2.71 bits per heavy atom. The van der Waals surface area contributed by atoms with Gasteiger partial charge in [-0.15, -0.1) is 0 Å². The van der Waals surface area contributed by atoms with Gasteiger partial charge in [0.15, 0.2) is 10.3 Å². The van der Waals surface area contributed by atoms with Crippen LogP contribution in [0, 0.1) is 0 Å². The summed E-state index contributed by atoms with van der Waals surface area (Å²) < 4.78 is 0. The minimum atomic E-state index is 0.824. The Balaban J connectivity index is 2.20. The normalized spacial score (nSPS) is 17.5. The topological polar surface area (TPSA) is 18.8 Å². The molecule has 0 atom stereocenters. The van der Waals surface area contributed by atoms with Gasteiger partial charge in [-0.2, -0.15) is 0 Å². The number of aliphatic imine (C=N–C) groups is 1. The number of rotatable bonds is 1. The van der Waals surface area contributed by atoms with Gasteiger partial charge >= 0.3 is 0 Å². The van der Waals surface area contributed by atoms with Gasteiger partial charge in [0.05, 0.1) is 5.69 Å². The van der Waals surface area contributed by atoms with E-state index in [0.29, 0.717) is 0 Å². The van der Waals surface area contributed by atoms with Crippen LogP contribution in [0.4, 0.5) is 5.69 Å². The first-order valence-corrected chi connectivity index (χ1v) is 6.83. The maximum Gasteiger partial charge on any atom is 0.177 e. The van der Waals surface area contributed by atoms with E-state index in [1.165, 1.54) is 0 Å². The fourth-order valence-electron chi connectivity index (χ4n) is 1.53. The molecule has 1 fully saturated rings. The van der Waals surface area contributed by atoms with Gasteiger partial charge in [-0.05, 0) is 24.4 Å². The van der Waals surface area contributed by atoms with Gasteiger partial charge in [-0.25, -0.2) is 4.99 Å². The molecule has 1 heterocycles. The van der Waals surface area contributed by atoms with Crippen LogP contribution in [-0.4, -0.2) is 46.5 Å². The van der Waals surface area contributed by atoms with Crippen molar-refractivity contribution in [1.29, 1.82) is 0 Å². The first-order chi connectivity index (χ1) is 8.18. The van der Waals surface area contributed by atoms with Crippen LogP contribution < -0.4 is 0 Å². The van der Waals surface area contributed by atoms with Crippen molar-refractivity contribution in [3.8, 4) is 0 Å². The van der Waals surface area contributed by atoms with Crippen molar-refractivity contribution >= 4 is 39.9 Å². The highest BCUT2D eigenvalue weighted by Gasteiger charge is 2.24. The van der Waals surface area contributed by atoms with E-state index in [-0.39, 0.29) is 0 Å². The Bertz CT molecular complexity index is 429. The minimum absolute atomic E-state index is 0.824. The zero-order valence-electron chi connectivity index (χ0n) is 9.96. The van der Waals surface area contributed by atoms with Gasteiger partial charge in [0, 0.05) is 26.4 Å². The molecule has 90 valence electrons. The maximum absolute atomic E-state index is 5.39. The Hall–Kier alpha value is -1.07. The fraction of sp³-hybridized carbons (Fsp3) is 0.333. The summed E-state index contributed by atoms with van der Waals surface area (Å²) in [4.78, 5) is 8.67. The van der Waals surface area contributed by atoms with Crippen molar-refractivity contribution in [3.05, 3.63) is 30.3 Å². The number of benzene rings is 1. The van der Waals surface area contributed by atoms with E-state index in [4.69, 9.17) is 12.2 Å². The van der Waals surface area contributed by atoms with E-state index < -0.39 is 0 Å². The lowest BCUT2D eigenvalue weighted by atomic mass is 10.3. The highest BCUT2D eigenvalue weighted by molar-refractivity contribution is 8.14. The molecule has 0 unspecified atom stereocenters. The van der Waals surface area contributed by atoms with Gasteiger partial charge in [0.1, 0.15) is 0 Å².